The first-order chi connectivity index (χ1) is 7.89. The van der Waals surface area contributed by atoms with E-state index in [0.717, 1.165) is 17.8 Å². The van der Waals surface area contributed by atoms with E-state index >= 15 is 0 Å². The Morgan fingerprint density at radius 3 is 2.71 bits per heavy atom. The molecule has 1 aromatic heterocycles. The number of aromatic nitrogens is 1. The Labute approximate surface area is 104 Å². The topological polar surface area (TPSA) is 45.1 Å². The van der Waals surface area contributed by atoms with Gasteiger partial charge >= 0.3 is 0 Å². The largest absolute Gasteiger partial charge is 0.389 e. The summed E-state index contributed by atoms with van der Waals surface area (Å²) in [6.07, 6.45) is 0.807. The summed E-state index contributed by atoms with van der Waals surface area (Å²) < 4.78 is 0. The molecule has 1 unspecified atom stereocenters. The van der Waals surface area contributed by atoms with Crippen molar-refractivity contribution in [3.8, 4) is 0 Å². The van der Waals surface area contributed by atoms with Crippen molar-refractivity contribution < 1.29 is 5.11 Å². The molecule has 0 fully saturated rings. The fraction of sp³-hybridized carbons (Fsp3) is 0.643. The average molecular weight is 236 g/mol. The van der Waals surface area contributed by atoms with Gasteiger partial charge in [-0.15, -0.1) is 0 Å². The van der Waals surface area contributed by atoms with Crippen LogP contribution < -0.4 is 5.32 Å². The average Bonchev–Trinajstić information content (AvgIpc) is 2.15. The van der Waals surface area contributed by atoms with Crippen LogP contribution in [0.4, 0.5) is 0 Å². The molecule has 0 bridgehead atoms. The molecule has 0 aliphatic rings. The van der Waals surface area contributed by atoms with Gasteiger partial charge in [-0.3, -0.25) is 4.98 Å². The van der Waals surface area contributed by atoms with Gasteiger partial charge in [-0.05, 0) is 38.3 Å². The third kappa shape index (κ3) is 5.80. The highest BCUT2D eigenvalue weighted by Crippen LogP contribution is 2.15. The molecule has 1 atom stereocenters. The maximum Gasteiger partial charge on any atom is 0.0746 e. The van der Waals surface area contributed by atoms with E-state index in [2.05, 4.69) is 24.1 Å². The van der Waals surface area contributed by atoms with Crippen LogP contribution in [0.3, 0.4) is 0 Å². The van der Waals surface area contributed by atoms with Crippen LogP contribution in [0.1, 0.15) is 38.6 Å². The molecule has 0 saturated heterocycles. The van der Waals surface area contributed by atoms with Crippen LogP contribution in [0.5, 0.6) is 0 Å². The molecule has 0 radical (unpaired) electrons. The third-order valence-corrected chi connectivity index (χ3v) is 2.61. The summed E-state index contributed by atoms with van der Waals surface area (Å²) in [5.74, 6) is 0.504. The van der Waals surface area contributed by atoms with Gasteiger partial charge in [0.1, 0.15) is 0 Å². The lowest BCUT2D eigenvalue weighted by Crippen LogP contribution is -2.38. The molecule has 0 aromatic carbocycles. The van der Waals surface area contributed by atoms with E-state index in [9.17, 15) is 5.11 Å². The molecule has 1 aromatic rings. The second kappa shape index (κ2) is 6.12. The predicted octanol–water partition coefficient (Wildman–Crippen LogP) is 2.28. The first kappa shape index (κ1) is 14.1. The minimum atomic E-state index is -0.641. The predicted molar refractivity (Wildman–Crippen MR) is 70.8 cm³/mol. The zero-order chi connectivity index (χ0) is 12.9. The summed E-state index contributed by atoms with van der Waals surface area (Å²) >= 11 is 0. The molecular weight excluding hydrogens is 212 g/mol. The Balaban J connectivity index is 2.37. The smallest absolute Gasteiger partial charge is 0.0746 e. The van der Waals surface area contributed by atoms with Crippen LogP contribution in [0.15, 0.2) is 18.2 Å². The number of hydrogen-bond donors (Lipinski definition) is 2. The Morgan fingerprint density at radius 2 is 2.12 bits per heavy atom. The number of pyridine rings is 1. The quantitative estimate of drug-likeness (QED) is 0.796. The Kier molecular flexibility index (Phi) is 5.09. The number of rotatable bonds is 6. The molecule has 3 nitrogen and oxygen atoms in total. The number of nitrogens with one attached hydrogen (secondary N) is 1. The molecule has 96 valence electrons. The van der Waals surface area contributed by atoms with Crippen molar-refractivity contribution in [2.24, 2.45) is 5.92 Å². The van der Waals surface area contributed by atoms with E-state index < -0.39 is 5.60 Å². The van der Waals surface area contributed by atoms with Gasteiger partial charge in [0, 0.05) is 18.8 Å². The van der Waals surface area contributed by atoms with E-state index in [0.29, 0.717) is 19.0 Å². The van der Waals surface area contributed by atoms with E-state index in [-0.39, 0.29) is 0 Å². The van der Waals surface area contributed by atoms with Gasteiger partial charge in [-0.1, -0.05) is 19.9 Å². The summed E-state index contributed by atoms with van der Waals surface area (Å²) in [6, 6.07) is 5.99. The maximum atomic E-state index is 10.1. The van der Waals surface area contributed by atoms with Crippen LogP contribution >= 0.6 is 0 Å². The van der Waals surface area contributed by atoms with Gasteiger partial charge in [0.15, 0.2) is 0 Å². The van der Waals surface area contributed by atoms with Crippen molar-refractivity contribution in [1.29, 1.82) is 0 Å². The Hall–Kier alpha value is -0.930. The number of nitrogens with zero attached hydrogens (tertiary/aromatic N) is 1. The lowest BCUT2D eigenvalue weighted by molar-refractivity contribution is 0.0382. The summed E-state index contributed by atoms with van der Waals surface area (Å²) in [4.78, 5) is 4.41. The van der Waals surface area contributed by atoms with Crippen molar-refractivity contribution in [1.82, 2.24) is 10.3 Å². The number of hydrogen-bond acceptors (Lipinski definition) is 3. The minimum absolute atomic E-state index is 0.504. The van der Waals surface area contributed by atoms with Crippen molar-refractivity contribution in [2.75, 3.05) is 6.54 Å². The molecule has 2 N–H and O–H groups in total. The highest BCUT2D eigenvalue weighted by atomic mass is 16.3. The number of aryl methyl sites for hydroxylation is 1. The zero-order valence-corrected chi connectivity index (χ0v) is 11.3. The Morgan fingerprint density at radius 1 is 1.41 bits per heavy atom. The zero-order valence-electron chi connectivity index (χ0n) is 11.3. The van der Waals surface area contributed by atoms with Crippen LogP contribution in [0.25, 0.3) is 0 Å². The highest BCUT2D eigenvalue weighted by Gasteiger charge is 2.20. The summed E-state index contributed by atoms with van der Waals surface area (Å²) in [5.41, 5.74) is 1.40. The standard InChI is InChI=1S/C14H24N2O/c1-11(2)8-14(4,17)10-15-9-13-7-5-6-12(3)16-13/h5-7,11,15,17H,8-10H2,1-4H3. The molecule has 0 saturated carbocycles. The Bertz CT molecular complexity index is 348. The normalized spacial score (nSPS) is 14.9. The molecule has 0 spiro atoms. The fourth-order valence-corrected chi connectivity index (χ4v) is 2.11. The van der Waals surface area contributed by atoms with Gasteiger partial charge in [-0.2, -0.15) is 0 Å². The summed E-state index contributed by atoms with van der Waals surface area (Å²) in [6.45, 7) is 9.41. The molecule has 1 rings (SSSR count). The van der Waals surface area contributed by atoms with E-state index in [1.807, 2.05) is 32.0 Å². The van der Waals surface area contributed by atoms with Crippen molar-refractivity contribution >= 4 is 0 Å². The number of aliphatic hydroxyl groups is 1. The lowest BCUT2D eigenvalue weighted by Gasteiger charge is -2.25. The molecule has 1 heterocycles. The lowest BCUT2D eigenvalue weighted by atomic mass is 9.94. The molecule has 0 amide bonds. The second-order valence-electron chi connectivity index (χ2n) is 5.47. The van der Waals surface area contributed by atoms with Gasteiger partial charge in [-0.25, -0.2) is 0 Å². The van der Waals surface area contributed by atoms with Crippen molar-refractivity contribution in [3.63, 3.8) is 0 Å². The molecular formula is C14H24N2O. The van der Waals surface area contributed by atoms with Gasteiger partial charge < -0.3 is 10.4 Å². The maximum absolute atomic E-state index is 10.1. The summed E-state index contributed by atoms with van der Waals surface area (Å²) in [5, 5.41) is 13.4. The van der Waals surface area contributed by atoms with E-state index in [1.165, 1.54) is 0 Å². The first-order valence-corrected chi connectivity index (χ1v) is 6.25. The van der Waals surface area contributed by atoms with Crippen LogP contribution in [0, 0.1) is 12.8 Å². The van der Waals surface area contributed by atoms with E-state index in [4.69, 9.17) is 0 Å². The van der Waals surface area contributed by atoms with Crippen LogP contribution in [-0.2, 0) is 6.54 Å². The van der Waals surface area contributed by atoms with Gasteiger partial charge in [0.2, 0.25) is 0 Å². The highest BCUT2D eigenvalue weighted by molar-refractivity contribution is 5.09. The molecule has 17 heavy (non-hydrogen) atoms. The summed E-state index contributed by atoms with van der Waals surface area (Å²) in [7, 11) is 0. The molecule has 3 heteroatoms. The SMILES string of the molecule is Cc1cccc(CNCC(C)(O)CC(C)C)n1. The monoisotopic (exact) mass is 236 g/mol. The van der Waals surface area contributed by atoms with Crippen LogP contribution in [-0.4, -0.2) is 22.2 Å². The van der Waals surface area contributed by atoms with Gasteiger partial charge in [0.05, 0.1) is 11.3 Å². The minimum Gasteiger partial charge on any atom is -0.389 e. The molecule has 0 aliphatic carbocycles. The molecule has 0 aliphatic heterocycles. The second-order valence-corrected chi connectivity index (χ2v) is 5.47. The van der Waals surface area contributed by atoms with Crippen molar-refractivity contribution in [3.05, 3.63) is 29.6 Å². The third-order valence-electron chi connectivity index (χ3n) is 2.61. The van der Waals surface area contributed by atoms with E-state index in [1.54, 1.807) is 0 Å². The van der Waals surface area contributed by atoms with Crippen molar-refractivity contribution in [2.45, 2.75) is 46.3 Å². The fourth-order valence-electron chi connectivity index (χ4n) is 2.11. The van der Waals surface area contributed by atoms with Gasteiger partial charge in [0.25, 0.3) is 0 Å². The van der Waals surface area contributed by atoms with Crippen LogP contribution in [0.2, 0.25) is 0 Å². The first-order valence-electron chi connectivity index (χ1n) is 6.25.